The van der Waals surface area contributed by atoms with Crippen molar-refractivity contribution in [2.24, 2.45) is 0 Å². The van der Waals surface area contributed by atoms with Gasteiger partial charge in [-0.3, -0.25) is 0 Å². The Morgan fingerprint density at radius 2 is 2.10 bits per heavy atom. The number of hydrogen-bond acceptors (Lipinski definition) is 5. The van der Waals surface area contributed by atoms with E-state index in [4.69, 9.17) is 9.47 Å². The quantitative estimate of drug-likeness (QED) is 0.921. The second-order valence-corrected chi connectivity index (χ2v) is 4.78. The van der Waals surface area contributed by atoms with Crippen molar-refractivity contribution in [1.82, 2.24) is 20.1 Å². The zero-order valence-corrected chi connectivity index (χ0v) is 11.9. The maximum absolute atomic E-state index is 5.45. The van der Waals surface area contributed by atoms with Crippen LogP contribution in [0, 0.1) is 0 Å². The summed E-state index contributed by atoms with van der Waals surface area (Å²) >= 11 is 0. The van der Waals surface area contributed by atoms with Gasteiger partial charge in [0.15, 0.2) is 5.82 Å². The van der Waals surface area contributed by atoms with Crippen molar-refractivity contribution in [2.45, 2.75) is 19.5 Å². The van der Waals surface area contributed by atoms with Crippen LogP contribution in [0.1, 0.15) is 18.8 Å². The molecule has 0 saturated carbocycles. The van der Waals surface area contributed by atoms with Gasteiger partial charge in [-0.2, -0.15) is 0 Å². The number of rotatable bonds is 3. The lowest BCUT2D eigenvalue weighted by atomic mass is 10.1. The lowest BCUT2D eigenvalue weighted by Crippen LogP contribution is -2.32. The van der Waals surface area contributed by atoms with Gasteiger partial charge in [0, 0.05) is 19.2 Å². The number of aromatic nitrogens is 3. The highest BCUT2D eigenvalue weighted by Gasteiger charge is 2.23. The first-order valence-corrected chi connectivity index (χ1v) is 6.63. The molecule has 0 saturated heterocycles. The molecule has 0 aliphatic carbocycles. The number of nitrogens with zero attached hydrogens (tertiary/aromatic N) is 3. The molecule has 0 spiro atoms. The monoisotopic (exact) mass is 274 g/mol. The Bertz CT molecular complexity index is 624. The van der Waals surface area contributed by atoms with Crippen LogP contribution in [0.5, 0.6) is 11.5 Å². The molecule has 106 valence electrons. The van der Waals surface area contributed by atoms with E-state index in [-0.39, 0.29) is 6.04 Å². The first-order valence-electron chi connectivity index (χ1n) is 6.63. The van der Waals surface area contributed by atoms with Crippen LogP contribution in [-0.4, -0.2) is 35.5 Å². The van der Waals surface area contributed by atoms with Gasteiger partial charge in [-0.1, -0.05) is 0 Å². The number of fused-ring (bicyclic) bond motifs is 1. The molecule has 1 aliphatic heterocycles. The maximum Gasteiger partial charge on any atom is 0.167 e. The Balaban J connectivity index is 2.10. The van der Waals surface area contributed by atoms with E-state index in [1.165, 1.54) is 0 Å². The number of hydrogen-bond donors (Lipinski definition) is 1. The summed E-state index contributed by atoms with van der Waals surface area (Å²) in [6.07, 6.45) is 0. The second-order valence-electron chi connectivity index (χ2n) is 4.78. The first kappa shape index (κ1) is 12.9. The minimum Gasteiger partial charge on any atom is -0.497 e. The molecule has 2 aromatic rings. The highest BCUT2D eigenvalue weighted by atomic mass is 16.5. The lowest BCUT2D eigenvalue weighted by Gasteiger charge is -2.22. The summed E-state index contributed by atoms with van der Waals surface area (Å²) in [5, 5.41) is 12.0. The van der Waals surface area contributed by atoms with Gasteiger partial charge in [0.05, 0.1) is 25.8 Å². The zero-order chi connectivity index (χ0) is 14.1. The molecule has 1 aromatic heterocycles. The molecular formula is C14H18N4O2. The van der Waals surface area contributed by atoms with Gasteiger partial charge in [-0.25, -0.2) is 0 Å². The van der Waals surface area contributed by atoms with Crippen LogP contribution in [0.3, 0.4) is 0 Å². The Morgan fingerprint density at radius 3 is 2.85 bits per heavy atom. The minimum absolute atomic E-state index is 0.217. The number of ether oxygens (including phenoxy) is 2. The summed E-state index contributed by atoms with van der Waals surface area (Å²) in [6, 6.07) is 5.95. The second kappa shape index (κ2) is 5.13. The summed E-state index contributed by atoms with van der Waals surface area (Å²) in [5.74, 6) is 3.31. The molecule has 6 heteroatoms. The van der Waals surface area contributed by atoms with Gasteiger partial charge >= 0.3 is 0 Å². The van der Waals surface area contributed by atoms with Gasteiger partial charge in [0.1, 0.15) is 17.3 Å². The third-order valence-electron chi connectivity index (χ3n) is 3.60. The van der Waals surface area contributed by atoms with E-state index >= 15 is 0 Å². The van der Waals surface area contributed by atoms with Crippen molar-refractivity contribution in [3.05, 3.63) is 24.0 Å². The van der Waals surface area contributed by atoms with E-state index in [0.717, 1.165) is 41.8 Å². The Hall–Kier alpha value is -2.08. The molecule has 0 radical (unpaired) electrons. The highest BCUT2D eigenvalue weighted by Crippen LogP contribution is 2.33. The average molecular weight is 274 g/mol. The summed E-state index contributed by atoms with van der Waals surface area (Å²) in [4.78, 5) is 0. The standard InChI is InChI=1S/C14H18N4O2/c1-9-13-16-17-14(18(13)7-6-15-9)11-5-4-10(19-2)8-12(11)20-3/h4-5,8-9,15H,6-7H2,1-3H3. The topological polar surface area (TPSA) is 61.2 Å². The van der Waals surface area contributed by atoms with Crippen molar-refractivity contribution in [1.29, 1.82) is 0 Å². The fraction of sp³-hybridized carbons (Fsp3) is 0.429. The van der Waals surface area contributed by atoms with E-state index in [9.17, 15) is 0 Å². The first-order chi connectivity index (χ1) is 9.74. The van der Waals surface area contributed by atoms with Gasteiger partial charge in [-0.15, -0.1) is 10.2 Å². The summed E-state index contributed by atoms with van der Waals surface area (Å²) in [7, 11) is 3.29. The molecule has 0 amide bonds. The predicted molar refractivity (Wildman–Crippen MR) is 75.0 cm³/mol. The molecular weight excluding hydrogens is 256 g/mol. The van der Waals surface area contributed by atoms with Crippen molar-refractivity contribution in [3.8, 4) is 22.9 Å². The van der Waals surface area contributed by atoms with Gasteiger partial charge in [0.25, 0.3) is 0 Å². The SMILES string of the molecule is COc1ccc(-c2nnc3n2CCNC3C)c(OC)c1. The molecule has 2 heterocycles. The molecule has 20 heavy (non-hydrogen) atoms. The molecule has 1 unspecified atom stereocenters. The molecule has 0 bridgehead atoms. The van der Waals surface area contributed by atoms with E-state index in [2.05, 4.69) is 27.0 Å². The van der Waals surface area contributed by atoms with Crippen LogP contribution in [0.4, 0.5) is 0 Å². The Kier molecular flexibility index (Phi) is 3.31. The van der Waals surface area contributed by atoms with Crippen LogP contribution in [0.25, 0.3) is 11.4 Å². The van der Waals surface area contributed by atoms with Crippen molar-refractivity contribution >= 4 is 0 Å². The Morgan fingerprint density at radius 1 is 1.25 bits per heavy atom. The summed E-state index contributed by atoms with van der Waals surface area (Å²) in [6.45, 7) is 3.86. The largest absolute Gasteiger partial charge is 0.497 e. The van der Waals surface area contributed by atoms with Crippen LogP contribution in [-0.2, 0) is 6.54 Å². The van der Waals surface area contributed by atoms with E-state index in [0.29, 0.717) is 0 Å². The smallest absolute Gasteiger partial charge is 0.167 e. The van der Waals surface area contributed by atoms with E-state index < -0.39 is 0 Å². The molecule has 6 nitrogen and oxygen atoms in total. The van der Waals surface area contributed by atoms with E-state index in [1.54, 1.807) is 14.2 Å². The fourth-order valence-corrected chi connectivity index (χ4v) is 2.52. The molecule has 1 N–H and O–H groups in total. The zero-order valence-electron chi connectivity index (χ0n) is 11.9. The fourth-order valence-electron chi connectivity index (χ4n) is 2.52. The number of benzene rings is 1. The molecule has 0 fully saturated rings. The van der Waals surface area contributed by atoms with Crippen LogP contribution < -0.4 is 14.8 Å². The van der Waals surface area contributed by atoms with E-state index in [1.807, 2.05) is 18.2 Å². The molecule has 1 aliphatic rings. The average Bonchev–Trinajstić information content (AvgIpc) is 2.91. The van der Waals surface area contributed by atoms with Crippen LogP contribution in [0.2, 0.25) is 0 Å². The van der Waals surface area contributed by atoms with Crippen LogP contribution in [0.15, 0.2) is 18.2 Å². The maximum atomic E-state index is 5.45. The Labute approximate surface area is 117 Å². The summed E-state index contributed by atoms with van der Waals surface area (Å²) < 4.78 is 12.8. The van der Waals surface area contributed by atoms with Crippen molar-refractivity contribution in [2.75, 3.05) is 20.8 Å². The number of nitrogens with one attached hydrogen (secondary N) is 1. The lowest BCUT2D eigenvalue weighted by molar-refractivity contribution is 0.394. The molecule has 1 atom stereocenters. The molecule has 3 rings (SSSR count). The van der Waals surface area contributed by atoms with Gasteiger partial charge < -0.3 is 19.4 Å². The van der Waals surface area contributed by atoms with Gasteiger partial charge in [-0.05, 0) is 19.1 Å². The minimum atomic E-state index is 0.217. The van der Waals surface area contributed by atoms with Crippen molar-refractivity contribution in [3.63, 3.8) is 0 Å². The van der Waals surface area contributed by atoms with Crippen LogP contribution >= 0.6 is 0 Å². The highest BCUT2D eigenvalue weighted by molar-refractivity contribution is 5.66. The summed E-state index contributed by atoms with van der Waals surface area (Å²) in [5.41, 5.74) is 0.932. The predicted octanol–water partition coefficient (Wildman–Crippen LogP) is 1.63. The normalized spacial score (nSPS) is 17.6. The van der Waals surface area contributed by atoms with Gasteiger partial charge in [0.2, 0.25) is 0 Å². The van der Waals surface area contributed by atoms with Crippen molar-refractivity contribution < 1.29 is 9.47 Å². The third-order valence-corrected chi connectivity index (χ3v) is 3.60. The third kappa shape index (κ3) is 2.02. The number of methoxy groups -OCH3 is 2. The molecule has 1 aromatic carbocycles.